The van der Waals surface area contributed by atoms with Crippen LogP contribution < -0.4 is 9.47 Å². The van der Waals surface area contributed by atoms with Crippen LogP contribution in [-0.2, 0) is 19.1 Å². The van der Waals surface area contributed by atoms with Crippen LogP contribution in [0, 0.1) is 0 Å². The van der Waals surface area contributed by atoms with Crippen molar-refractivity contribution >= 4 is 35.7 Å². The van der Waals surface area contributed by atoms with E-state index in [9.17, 15) is 39.0 Å². The van der Waals surface area contributed by atoms with E-state index in [0.29, 0.717) is 74.4 Å². The smallest absolute Gasteiger partial charge is 0.410 e. The Morgan fingerprint density at radius 1 is 0.652 bits per heavy atom. The van der Waals surface area contributed by atoms with Crippen molar-refractivity contribution in [2.24, 2.45) is 0 Å². The van der Waals surface area contributed by atoms with Crippen molar-refractivity contribution in [2.45, 2.75) is 50.6 Å². The van der Waals surface area contributed by atoms with E-state index in [4.69, 9.17) is 18.9 Å². The van der Waals surface area contributed by atoms with Crippen molar-refractivity contribution in [3.8, 4) is 22.6 Å². The summed E-state index contributed by atoms with van der Waals surface area (Å²) in [5.74, 6) is -2.49. The van der Waals surface area contributed by atoms with Crippen LogP contribution in [0.5, 0.6) is 11.5 Å². The number of nitrogens with zero attached hydrogens (tertiary/aromatic N) is 2. The minimum atomic E-state index is -1.12. The number of amides is 2. The van der Waals surface area contributed by atoms with Crippen LogP contribution in [0.25, 0.3) is 11.1 Å². The summed E-state index contributed by atoms with van der Waals surface area (Å²) in [5, 5.41) is 18.6. The number of carbonyl (C=O) groups excluding carboxylic acids is 4. The SMILES string of the molecule is O=C(COC(=O)N1CCCC1C(=O)O)c1ccc2c(c1)OCCCCOc1cc(C(=O)COC(=O)N3CCCC3C(=O)O)ccc1-2. The monoisotopic (exact) mass is 638 g/mol. The number of hydrogen-bond acceptors (Lipinski definition) is 10. The summed E-state index contributed by atoms with van der Waals surface area (Å²) in [6.45, 7) is 0.0256. The Morgan fingerprint density at radius 2 is 1.07 bits per heavy atom. The molecule has 0 aromatic heterocycles. The number of fused-ring (bicyclic) bond motifs is 3. The van der Waals surface area contributed by atoms with Crippen molar-refractivity contribution in [2.75, 3.05) is 39.5 Å². The average Bonchev–Trinajstić information content (AvgIpc) is 3.75. The van der Waals surface area contributed by atoms with Gasteiger partial charge in [-0.1, -0.05) is 12.1 Å². The summed E-state index contributed by atoms with van der Waals surface area (Å²) in [5.41, 5.74) is 1.62. The first kappa shape index (κ1) is 32.3. The zero-order chi connectivity index (χ0) is 32.8. The predicted molar refractivity (Wildman–Crippen MR) is 158 cm³/mol. The summed E-state index contributed by atoms with van der Waals surface area (Å²) in [7, 11) is 0. The van der Waals surface area contributed by atoms with Gasteiger partial charge in [-0.05, 0) is 62.8 Å². The lowest BCUT2D eigenvalue weighted by Crippen LogP contribution is -2.41. The molecule has 46 heavy (non-hydrogen) atoms. The van der Waals surface area contributed by atoms with Crippen LogP contribution in [0.4, 0.5) is 9.59 Å². The molecule has 5 rings (SSSR count). The molecule has 2 amide bonds. The van der Waals surface area contributed by atoms with Gasteiger partial charge in [-0.2, -0.15) is 0 Å². The highest BCUT2D eigenvalue weighted by Gasteiger charge is 2.36. The summed E-state index contributed by atoms with van der Waals surface area (Å²) >= 11 is 0. The van der Waals surface area contributed by atoms with Crippen molar-refractivity contribution in [3.63, 3.8) is 0 Å². The van der Waals surface area contributed by atoms with E-state index in [0.717, 1.165) is 9.80 Å². The molecule has 2 fully saturated rings. The van der Waals surface area contributed by atoms with Gasteiger partial charge in [0, 0.05) is 35.3 Å². The van der Waals surface area contributed by atoms with Crippen LogP contribution in [0.2, 0.25) is 0 Å². The number of carboxylic acid groups (broad SMARTS) is 2. The number of hydrogen-bond donors (Lipinski definition) is 2. The summed E-state index contributed by atoms with van der Waals surface area (Å²) < 4.78 is 22.3. The highest BCUT2D eigenvalue weighted by molar-refractivity contribution is 6.00. The molecule has 14 nitrogen and oxygen atoms in total. The zero-order valence-electron chi connectivity index (χ0n) is 25.0. The van der Waals surface area contributed by atoms with Gasteiger partial charge in [-0.3, -0.25) is 19.4 Å². The largest absolute Gasteiger partial charge is 0.493 e. The minimum Gasteiger partial charge on any atom is -0.493 e. The Hall–Kier alpha value is -5.14. The Labute approximate surface area is 263 Å². The first-order valence-corrected chi connectivity index (χ1v) is 15.1. The Morgan fingerprint density at radius 3 is 1.46 bits per heavy atom. The maximum Gasteiger partial charge on any atom is 0.410 e. The van der Waals surface area contributed by atoms with Crippen LogP contribution >= 0.6 is 0 Å². The number of aliphatic carboxylic acids is 2. The highest BCUT2D eigenvalue weighted by atomic mass is 16.6. The number of ketones is 2. The third kappa shape index (κ3) is 7.22. The van der Waals surface area contributed by atoms with Gasteiger partial charge in [0.2, 0.25) is 11.6 Å². The average molecular weight is 639 g/mol. The fraction of sp³-hybridized carbons (Fsp3) is 0.438. The fourth-order valence-electron chi connectivity index (χ4n) is 5.71. The lowest BCUT2D eigenvalue weighted by atomic mass is 9.98. The topological polar surface area (TPSA) is 186 Å². The molecule has 3 heterocycles. The first-order chi connectivity index (χ1) is 22.1. The van der Waals surface area contributed by atoms with Crippen molar-refractivity contribution < 1.29 is 57.9 Å². The van der Waals surface area contributed by atoms with E-state index >= 15 is 0 Å². The Kier molecular flexibility index (Phi) is 10.0. The van der Waals surface area contributed by atoms with Gasteiger partial charge < -0.3 is 29.2 Å². The van der Waals surface area contributed by atoms with Gasteiger partial charge >= 0.3 is 24.1 Å². The lowest BCUT2D eigenvalue weighted by Gasteiger charge is -2.21. The normalized spacial score (nSPS) is 19.1. The fourth-order valence-corrected chi connectivity index (χ4v) is 5.71. The quantitative estimate of drug-likeness (QED) is 0.401. The van der Waals surface area contributed by atoms with Gasteiger partial charge in [0.1, 0.15) is 23.6 Å². The summed E-state index contributed by atoms with van der Waals surface area (Å²) in [6.07, 6.45) is 1.28. The molecule has 0 aliphatic carbocycles. The Bertz CT molecular complexity index is 1430. The highest BCUT2D eigenvalue weighted by Crippen LogP contribution is 2.39. The van der Waals surface area contributed by atoms with E-state index in [1.54, 1.807) is 24.3 Å². The molecule has 2 aromatic carbocycles. The standard InChI is InChI=1S/C32H34N2O12/c35-25(17-45-31(41)33-11-3-5-23(33)29(37)38)19-7-9-21-22-10-8-20(16-28(22)44-14-2-1-13-43-27(21)15-19)26(36)18-46-32(42)34-12-4-6-24(34)30(39)40/h7-10,15-16,23-24H,1-6,11-14,17-18H2,(H,37,38)(H,39,40). The second kappa shape index (κ2) is 14.3. The maximum absolute atomic E-state index is 13.0. The molecule has 2 aromatic rings. The van der Waals surface area contributed by atoms with Crippen LogP contribution in [0.15, 0.2) is 36.4 Å². The van der Waals surface area contributed by atoms with E-state index in [1.807, 2.05) is 0 Å². The third-order valence-electron chi connectivity index (χ3n) is 8.15. The third-order valence-corrected chi connectivity index (χ3v) is 8.15. The molecule has 0 spiro atoms. The molecule has 0 saturated carbocycles. The van der Waals surface area contributed by atoms with E-state index in [1.165, 1.54) is 12.1 Å². The molecule has 244 valence electrons. The van der Waals surface area contributed by atoms with Crippen molar-refractivity contribution in [3.05, 3.63) is 47.5 Å². The van der Waals surface area contributed by atoms with Crippen LogP contribution in [0.3, 0.4) is 0 Å². The van der Waals surface area contributed by atoms with E-state index in [2.05, 4.69) is 0 Å². The number of ether oxygens (including phenoxy) is 4. The molecule has 0 bridgehead atoms. The molecular formula is C32H34N2O12. The molecule has 3 aliphatic heterocycles. The number of benzene rings is 2. The van der Waals surface area contributed by atoms with Gasteiger partial charge in [0.15, 0.2) is 13.2 Å². The van der Waals surface area contributed by atoms with Crippen molar-refractivity contribution in [1.82, 2.24) is 9.80 Å². The number of rotatable bonds is 8. The van der Waals surface area contributed by atoms with Gasteiger partial charge in [-0.15, -0.1) is 0 Å². The molecule has 0 radical (unpaired) electrons. The van der Waals surface area contributed by atoms with E-state index in [-0.39, 0.29) is 24.2 Å². The predicted octanol–water partition coefficient (Wildman–Crippen LogP) is 3.64. The first-order valence-electron chi connectivity index (χ1n) is 15.1. The molecule has 2 saturated heterocycles. The van der Waals surface area contributed by atoms with Crippen molar-refractivity contribution in [1.29, 1.82) is 0 Å². The van der Waals surface area contributed by atoms with Crippen LogP contribution in [0.1, 0.15) is 59.2 Å². The summed E-state index contributed by atoms with van der Waals surface area (Å²) in [4.78, 5) is 75.8. The van der Waals surface area contributed by atoms with Gasteiger partial charge in [0.25, 0.3) is 0 Å². The summed E-state index contributed by atoms with van der Waals surface area (Å²) in [6, 6.07) is 7.53. The number of carboxylic acids is 2. The molecule has 2 N–H and O–H groups in total. The Balaban J connectivity index is 1.29. The molecular weight excluding hydrogens is 604 g/mol. The second-order valence-corrected chi connectivity index (χ2v) is 11.2. The molecule has 14 heteroatoms. The minimum absolute atomic E-state index is 0.221. The van der Waals surface area contributed by atoms with E-state index < -0.39 is 61.0 Å². The molecule has 3 aliphatic rings. The molecule has 2 unspecified atom stereocenters. The molecule has 2 atom stereocenters. The number of carbonyl (C=O) groups is 6. The second-order valence-electron chi connectivity index (χ2n) is 11.2. The lowest BCUT2D eigenvalue weighted by molar-refractivity contribution is -0.142. The maximum atomic E-state index is 13.0. The van der Waals surface area contributed by atoms with Gasteiger partial charge in [0.05, 0.1) is 13.2 Å². The number of likely N-dealkylation sites (tertiary alicyclic amines) is 2. The number of Topliss-reactive ketones (excluding diaryl/α,β-unsaturated/α-hetero) is 2. The van der Waals surface area contributed by atoms with Crippen LogP contribution in [-0.4, -0.2) is 107 Å². The zero-order valence-corrected chi connectivity index (χ0v) is 25.0. The van der Waals surface area contributed by atoms with Gasteiger partial charge in [-0.25, -0.2) is 19.2 Å².